The number of hydrogen-bond acceptors (Lipinski definition) is 18. The molecule has 150 heavy (non-hydrogen) atoms. The molecule has 0 saturated heterocycles. The Morgan fingerprint density at radius 2 is 0.473 bits per heavy atom. The van der Waals surface area contributed by atoms with Crippen molar-refractivity contribution in [2.75, 3.05) is 13.2 Å². The third-order valence-electron chi connectivity index (χ3n) is 30.4. The zero-order chi connectivity index (χ0) is 120. The Morgan fingerprint density at radius 1 is 0.220 bits per heavy atom. The van der Waals surface area contributed by atoms with Gasteiger partial charge in [0.2, 0.25) is 0 Å². The Bertz CT molecular complexity index is 3280. The standard InChI is InChI=1S/3C17H34O2.2C15H30O2.2C14H28O2.C13H26O2.C10H20O2/c1-8-17(6,7)16(18)19-15(11-9-13(2)3)12-10-14(4)5;1-8-13(9-2)15(14(10-3)11-4)19-16(18)17(6,7)12-5;1-6-9-11-13-15(14-12-10-7-2)19-16(18)17(4,5)8-3;1-8-15(6,7)14(16)17-13(9-11(2)3)10-12(4)5;1-6-9-10-11-12-13(7-2)17-14(16)15(4,5)8-3;1-8-14(6,7)12(15)16-10-11(2)9-13(3,4)5;1-6-9-10-12(7-2)11-16-13(15)14(4,5)8-3;1-8-13(6,7)12(14)15-11(9(2)3)10(4)5;1-7-10(5,6)8(11)12-9(2,3)4/h2*13-15H,8-12H2,1-7H3;15H,6-14H2,1-5H3;11-13H,8-10H2,1-7H3;13H,6-12H2,1-5H3;11H,8-10H2,1-7H3;12H,6-11H2,1-5H3;9-11H,8H2,1-7H3;7H2,1-6H3. The predicted molar refractivity (Wildman–Crippen MR) is 642 cm³/mol. The first-order valence-corrected chi connectivity index (χ1v) is 61.5. The molecule has 18 nitrogen and oxygen atoms in total. The van der Waals surface area contributed by atoms with Crippen LogP contribution in [0.4, 0.5) is 0 Å². The van der Waals surface area contributed by atoms with Gasteiger partial charge in [-0.25, -0.2) is 0 Å². The van der Waals surface area contributed by atoms with Gasteiger partial charge < -0.3 is 42.6 Å². The van der Waals surface area contributed by atoms with E-state index in [2.05, 4.69) is 180 Å². The summed E-state index contributed by atoms with van der Waals surface area (Å²) in [6.07, 6.45) is 40.5. The van der Waals surface area contributed by atoms with Crippen LogP contribution in [0.2, 0.25) is 0 Å². The highest BCUT2D eigenvalue weighted by atomic mass is 16.6. The van der Waals surface area contributed by atoms with Gasteiger partial charge in [0.25, 0.3) is 0 Å². The maximum absolute atomic E-state index is 12.4. The first kappa shape index (κ1) is 163. The number of carbonyl (C=O) groups is 9. The maximum Gasteiger partial charge on any atom is 0.312 e. The third kappa shape index (κ3) is 83.5. The fourth-order valence-electron chi connectivity index (χ4n) is 14.7. The molecule has 0 N–H and O–H groups in total. The number of hydrogen-bond donors (Lipinski definition) is 0. The lowest BCUT2D eigenvalue weighted by molar-refractivity contribution is -0.167. The molecular formula is C132H264O18. The fraction of sp³-hybridized carbons (Fsp3) is 0.932. The Labute approximate surface area is 934 Å². The summed E-state index contributed by atoms with van der Waals surface area (Å²) in [5.74, 6) is 4.68. The molecule has 0 aromatic rings. The van der Waals surface area contributed by atoms with Gasteiger partial charge in [0.15, 0.2) is 0 Å². The van der Waals surface area contributed by atoms with E-state index in [1.54, 1.807) is 0 Å². The van der Waals surface area contributed by atoms with Crippen LogP contribution in [0, 0.1) is 113 Å². The number of rotatable bonds is 65. The molecule has 18 heteroatoms. The van der Waals surface area contributed by atoms with Crippen LogP contribution in [0.25, 0.3) is 0 Å². The van der Waals surface area contributed by atoms with Gasteiger partial charge >= 0.3 is 53.7 Å². The molecule has 0 saturated carbocycles. The number of unbranched alkanes of at least 4 members (excludes halogenated alkanes) is 8. The normalized spacial score (nSPS) is 12.9. The molecule has 0 aliphatic carbocycles. The summed E-state index contributed by atoms with van der Waals surface area (Å²) in [4.78, 5) is 108. The van der Waals surface area contributed by atoms with Crippen LogP contribution in [0.5, 0.6) is 0 Å². The quantitative estimate of drug-likeness (QED) is 0.0312. The highest BCUT2D eigenvalue weighted by Gasteiger charge is 2.40. The van der Waals surface area contributed by atoms with Crippen LogP contribution in [0.15, 0.2) is 0 Å². The number of esters is 9. The van der Waals surface area contributed by atoms with Crippen LogP contribution in [-0.4, -0.2) is 109 Å². The molecule has 0 bridgehead atoms. The van der Waals surface area contributed by atoms with Crippen LogP contribution >= 0.6 is 0 Å². The molecule has 3 unspecified atom stereocenters. The van der Waals surface area contributed by atoms with E-state index in [1.807, 2.05) is 208 Å². The minimum absolute atomic E-state index is 0.0204. The Morgan fingerprint density at radius 3 is 0.733 bits per heavy atom. The highest BCUT2D eigenvalue weighted by Crippen LogP contribution is 2.37. The van der Waals surface area contributed by atoms with Crippen molar-refractivity contribution in [1.29, 1.82) is 0 Å². The summed E-state index contributed by atoms with van der Waals surface area (Å²) in [6.45, 7) is 117. The van der Waals surface area contributed by atoms with Crippen molar-refractivity contribution in [2.24, 2.45) is 113 Å². The summed E-state index contributed by atoms with van der Waals surface area (Å²) >= 11 is 0. The molecule has 0 aromatic heterocycles. The second-order valence-corrected chi connectivity index (χ2v) is 54.1. The van der Waals surface area contributed by atoms with Crippen molar-refractivity contribution in [2.45, 2.75) is 674 Å². The van der Waals surface area contributed by atoms with Crippen molar-refractivity contribution >= 4 is 53.7 Å². The molecule has 0 amide bonds. The summed E-state index contributed by atoms with van der Waals surface area (Å²) in [5, 5.41) is 0. The summed E-state index contributed by atoms with van der Waals surface area (Å²) in [5.41, 5.74) is -3.21. The molecule has 0 heterocycles. The molecule has 0 spiro atoms. The van der Waals surface area contributed by atoms with Crippen molar-refractivity contribution in [3.05, 3.63) is 0 Å². The van der Waals surface area contributed by atoms with E-state index in [1.165, 1.54) is 83.5 Å². The van der Waals surface area contributed by atoms with Crippen molar-refractivity contribution < 1.29 is 85.8 Å². The maximum atomic E-state index is 12.4. The highest BCUT2D eigenvalue weighted by molar-refractivity contribution is 5.79. The molecule has 0 radical (unpaired) electrons. The fourth-order valence-corrected chi connectivity index (χ4v) is 14.7. The van der Waals surface area contributed by atoms with Crippen LogP contribution < -0.4 is 0 Å². The van der Waals surface area contributed by atoms with Crippen molar-refractivity contribution in [1.82, 2.24) is 0 Å². The minimum Gasteiger partial charge on any atom is -0.465 e. The number of ether oxygens (including phenoxy) is 9. The minimum atomic E-state index is -0.372. The van der Waals surface area contributed by atoms with E-state index < -0.39 is 0 Å². The zero-order valence-electron chi connectivity index (χ0n) is 111. The summed E-state index contributed by atoms with van der Waals surface area (Å²) in [7, 11) is 0. The topological polar surface area (TPSA) is 237 Å². The lowest BCUT2D eigenvalue weighted by atomic mass is 9.83. The Hall–Kier alpha value is -4.77. The largest absolute Gasteiger partial charge is 0.465 e. The van der Waals surface area contributed by atoms with E-state index in [0.717, 1.165) is 161 Å². The average Bonchev–Trinajstić information content (AvgIpc) is 0.831. The summed E-state index contributed by atoms with van der Waals surface area (Å²) in [6, 6.07) is 0. The van der Waals surface area contributed by atoms with Gasteiger partial charge in [-0.2, -0.15) is 0 Å². The van der Waals surface area contributed by atoms with Crippen LogP contribution in [-0.2, 0) is 85.8 Å². The van der Waals surface area contributed by atoms with E-state index >= 15 is 0 Å². The third-order valence-corrected chi connectivity index (χ3v) is 30.4. The van der Waals surface area contributed by atoms with Gasteiger partial charge in [-0.05, 0) is 390 Å². The molecule has 0 aliphatic heterocycles. The number of carbonyl (C=O) groups excluding carboxylic acids is 9. The average molecular weight is 2140 g/mol. The second kappa shape index (κ2) is 86.2. The first-order valence-electron chi connectivity index (χ1n) is 61.5. The predicted octanol–water partition coefficient (Wildman–Crippen LogP) is 39.7. The zero-order valence-corrected chi connectivity index (χ0v) is 111. The van der Waals surface area contributed by atoms with Gasteiger partial charge in [-0.3, -0.25) is 43.2 Å². The van der Waals surface area contributed by atoms with Gasteiger partial charge in [-0.15, -0.1) is 0 Å². The lowest BCUT2D eigenvalue weighted by Crippen LogP contribution is -2.38. The van der Waals surface area contributed by atoms with E-state index in [0.29, 0.717) is 77.8 Å². The van der Waals surface area contributed by atoms with Crippen LogP contribution in [0.1, 0.15) is 632 Å². The van der Waals surface area contributed by atoms with Gasteiger partial charge in [0.05, 0.1) is 61.9 Å². The molecule has 0 aliphatic rings. The van der Waals surface area contributed by atoms with Crippen molar-refractivity contribution in [3.8, 4) is 0 Å². The molecule has 0 fully saturated rings. The van der Waals surface area contributed by atoms with Gasteiger partial charge in [0, 0.05) is 0 Å². The lowest BCUT2D eigenvalue weighted by Gasteiger charge is -2.34. The van der Waals surface area contributed by atoms with Gasteiger partial charge in [0.1, 0.15) is 42.2 Å². The van der Waals surface area contributed by atoms with Gasteiger partial charge in [-0.1, -0.05) is 307 Å². The summed E-state index contributed by atoms with van der Waals surface area (Å²) < 4.78 is 50.4. The first-order chi connectivity index (χ1) is 68.7. The van der Waals surface area contributed by atoms with E-state index in [-0.39, 0.29) is 145 Å². The Balaban J connectivity index is -0.000000214. The van der Waals surface area contributed by atoms with Crippen LogP contribution in [0.3, 0.4) is 0 Å². The van der Waals surface area contributed by atoms with E-state index in [9.17, 15) is 43.2 Å². The smallest absolute Gasteiger partial charge is 0.312 e. The molecule has 3 atom stereocenters. The molecule has 0 rings (SSSR count). The molecule has 0 aromatic carbocycles. The molecule has 900 valence electrons. The second-order valence-electron chi connectivity index (χ2n) is 54.1. The monoisotopic (exact) mass is 2140 g/mol. The SMILES string of the molecule is CCC(C)(C)C(=O)OC(C(C)C)C(C)C.CCC(C)(C)C(=O)OC(C)(C)C.CCC(C)(C)C(=O)OC(CC(C)C)CC(C)C.CCC(C)(C)C(=O)OC(CCC(C)C)CCC(C)C.CCC(C)(C)C(=O)OCC(C)CC(C)(C)C.CCC(CC)C(OC(=O)C(C)(C)CC)C(CC)CC.CCCCC(CC)COC(=O)C(C)(C)CC.CCCCCC(CCCCC)OC(=O)C(C)(C)CC.CCCCCCC(CC)OC(=O)C(C)(C)CC. The Kier molecular flexibility index (Phi) is 93.6. The molecular weight excluding hydrogens is 1870 g/mol. The van der Waals surface area contributed by atoms with Crippen molar-refractivity contribution in [3.63, 3.8) is 0 Å². The van der Waals surface area contributed by atoms with E-state index in [4.69, 9.17) is 42.6 Å².